The van der Waals surface area contributed by atoms with Gasteiger partial charge in [-0.3, -0.25) is 0 Å². The van der Waals surface area contributed by atoms with Crippen LogP contribution in [0.1, 0.15) is 40.5 Å². The molecule has 1 aliphatic rings. The Balaban J connectivity index is 1.84. The zero-order valence-corrected chi connectivity index (χ0v) is 24.2. The van der Waals surface area contributed by atoms with Gasteiger partial charge in [-0.2, -0.15) is 0 Å². The average molecular weight is 560 g/mol. The van der Waals surface area contributed by atoms with Gasteiger partial charge in [-0.1, -0.05) is 0 Å². The van der Waals surface area contributed by atoms with Crippen LogP contribution in [-0.2, 0) is 4.79 Å². The van der Waals surface area contributed by atoms with Gasteiger partial charge in [0.05, 0.1) is 0 Å². The van der Waals surface area contributed by atoms with Gasteiger partial charge >= 0.3 is 225 Å². The fourth-order valence-electron chi connectivity index (χ4n) is 5.33. The van der Waals surface area contributed by atoms with Crippen LogP contribution >= 0.6 is 20.8 Å². The zero-order valence-electron chi connectivity index (χ0n) is 21.7. The summed E-state index contributed by atoms with van der Waals surface area (Å²) in [4.78, 5) is 12.4. The fraction of sp³-hybridized carbons (Fsp3) is 0.242. The third kappa shape index (κ3) is 4.86. The van der Waals surface area contributed by atoms with Gasteiger partial charge in [-0.25, -0.2) is 0 Å². The summed E-state index contributed by atoms with van der Waals surface area (Å²) < 4.78 is 0. The molecule has 3 aromatic rings. The molecule has 0 amide bonds. The van der Waals surface area contributed by atoms with Gasteiger partial charge in [0.1, 0.15) is 0 Å². The Morgan fingerprint density at radius 3 is 1.75 bits per heavy atom. The van der Waals surface area contributed by atoms with Gasteiger partial charge in [0.25, 0.3) is 0 Å². The normalized spacial score (nSPS) is 17.8. The van der Waals surface area contributed by atoms with Crippen molar-refractivity contribution in [2.75, 3.05) is 6.16 Å². The van der Waals surface area contributed by atoms with Crippen LogP contribution in [0.3, 0.4) is 0 Å². The number of ketones is 1. The first-order valence-electron chi connectivity index (χ1n) is 12.7. The Morgan fingerprint density at radius 1 is 0.861 bits per heavy atom. The van der Waals surface area contributed by atoms with Crippen LogP contribution in [0.5, 0.6) is 0 Å². The van der Waals surface area contributed by atoms with E-state index in [4.69, 9.17) is 0 Å². The predicted octanol–water partition coefficient (Wildman–Crippen LogP) is 8.03. The minimum absolute atomic E-state index is 0.0154. The van der Waals surface area contributed by atoms with Crippen molar-refractivity contribution in [1.29, 1.82) is 0 Å². The predicted molar refractivity (Wildman–Crippen MR) is 163 cm³/mol. The monoisotopic (exact) mass is 558 g/mol. The molecule has 0 fully saturated rings. The van der Waals surface area contributed by atoms with E-state index in [1.807, 2.05) is 6.92 Å². The molecule has 0 aliphatic heterocycles. The molecule has 36 heavy (non-hydrogen) atoms. The summed E-state index contributed by atoms with van der Waals surface area (Å²) >= 11 is 4.52. The van der Waals surface area contributed by atoms with Crippen molar-refractivity contribution in [2.24, 2.45) is 5.41 Å². The van der Waals surface area contributed by atoms with E-state index in [2.05, 4.69) is 145 Å². The van der Waals surface area contributed by atoms with E-state index in [9.17, 15) is 4.79 Å². The number of hydrogen-bond acceptors (Lipinski definition) is 1. The summed E-state index contributed by atoms with van der Waals surface area (Å²) in [6.07, 6.45) is 9.13. The SMILES string of the molecule is CC1=C(/C=C/C(C)=C/CP(Br)(c2ccccc2)(c2ccccc2)c2ccccc2)C(C)(C)CCC1=O. The molecule has 0 N–H and O–H groups in total. The molecular formula is C33H36BrOP. The first-order valence-corrected chi connectivity index (χ1v) is 17.1. The van der Waals surface area contributed by atoms with Crippen molar-refractivity contribution >= 4 is 42.5 Å². The molecule has 0 heterocycles. The fourth-order valence-corrected chi connectivity index (χ4v) is 12.4. The van der Waals surface area contributed by atoms with Gasteiger partial charge in [-0.15, -0.1) is 0 Å². The molecule has 1 nitrogen and oxygen atoms in total. The zero-order chi connectivity index (χ0) is 25.8. The van der Waals surface area contributed by atoms with Crippen molar-refractivity contribution in [3.8, 4) is 0 Å². The van der Waals surface area contributed by atoms with Gasteiger partial charge < -0.3 is 0 Å². The van der Waals surface area contributed by atoms with Gasteiger partial charge in [-0.05, 0) is 0 Å². The molecule has 0 saturated heterocycles. The Kier molecular flexibility index (Phi) is 7.69. The molecule has 186 valence electrons. The van der Waals surface area contributed by atoms with Crippen molar-refractivity contribution in [2.45, 2.75) is 40.5 Å². The van der Waals surface area contributed by atoms with E-state index < -0.39 is 5.31 Å². The standard InChI is InChI=1S/C33H36BrOP/c1-26(20-21-31-27(2)32(35)22-24-33(31,3)4)23-25-36(34,28-14-8-5-9-15-28,29-16-10-6-11-17-29)30-18-12-7-13-19-30/h5-21,23H,22,24-25H2,1-4H3/b21-20+,26-23+. The van der Waals surface area contributed by atoms with Crippen molar-refractivity contribution in [3.05, 3.63) is 126 Å². The second-order valence-electron chi connectivity index (χ2n) is 10.5. The molecular weight excluding hydrogens is 523 g/mol. The van der Waals surface area contributed by atoms with Crippen molar-refractivity contribution in [3.63, 3.8) is 0 Å². The number of Topliss-reactive ketones (excluding diaryl/α,β-unsaturated/α-hetero) is 1. The summed E-state index contributed by atoms with van der Waals surface area (Å²) in [6.45, 7) is 8.63. The molecule has 0 spiro atoms. The second-order valence-corrected chi connectivity index (χ2v) is 19.5. The number of allylic oxidation sites excluding steroid dienone is 6. The topological polar surface area (TPSA) is 17.1 Å². The molecule has 0 unspecified atom stereocenters. The Morgan fingerprint density at radius 2 is 1.31 bits per heavy atom. The Labute approximate surface area is 224 Å². The van der Waals surface area contributed by atoms with Crippen LogP contribution in [0.4, 0.5) is 0 Å². The van der Waals surface area contributed by atoms with Crippen LogP contribution < -0.4 is 15.9 Å². The summed E-state index contributed by atoms with van der Waals surface area (Å²) in [7, 11) is 0. The van der Waals surface area contributed by atoms with E-state index in [1.165, 1.54) is 21.5 Å². The van der Waals surface area contributed by atoms with Crippen LogP contribution in [-0.4, -0.2) is 11.9 Å². The molecule has 1 aliphatic carbocycles. The van der Waals surface area contributed by atoms with Crippen LogP contribution in [0.2, 0.25) is 0 Å². The molecule has 0 atom stereocenters. The van der Waals surface area contributed by atoms with Gasteiger partial charge in [0, 0.05) is 0 Å². The quantitative estimate of drug-likeness (QED) is 0.212. The van der Waals surface area contributed by atoms with Crippen LogP contribution in [0.15, 0.2) is 126 Å². The summed E-state index contributed by atoms with van der Waals surface area (Å²) in [5, 5.41) is 0.945. The molecule has 0 bridgehead atoms. The average Bonchev–Trinajstić information content (AvgIpc) is 2.91. The van der Waals surface area contributed by atoms with Gasteiger partial charge in [0.15, 0.2) is 0 Å². The number of carbonyl (C=O) groups excluding carboxylic acids is 1. The number of carbonyl (C=O) groups is 1. The minimum atomic E-state index is -2.99. The number of benzene rings is 3. The first kappa shape index (κ1) is 26.5. The molecule has 0 radical (unpaired) electrons. The number of halogens is 1. The number of hydrogen-bond donors (Lipinski definition) is 0. The second kappa shape index (κ2) is 10.4. The van der Waals surface area contributed by atoms with E-state index in [0.29, 0.717) is 6.42 Å². The summed E-state index contributed by atoms with van der Waals surface area (Å²) in [5.74, 6) is 0.276. The summed E-state index contributed by atoms with van der Waals surface area (Å²) in [5.41, 5.74) is 3.28. The van der Waals surface area contributed by atoms with E-state index >= 15 is 0 Å². The molecule has 0 aromatic heterocycles. The summed E-state index contributed by atoms with van der Waals surface area (Å²) in [6, 6.07) is 32.6. The Bertz CT molecular complexity index is 1220. The van der Waals surface area contributed by atoms with Crippen molar-refractivity contribution < 1.29 is 4.79 Å². The first-order chi connectivity index (χ1) is 17.2. The van der Waals surface area contributed by atoms with Crippen LogP contribution in [0, 0.1) is 5.41 Å². The maximum atomic E-state index is 12.4. The maximum absolute atomic E-state index is 12.4. The third-order valence-corrected chi connectivity index (χ3v) is 17.2. The number of rotatable bonds is 7. The van der Waals surface area contributed by atoms with E-state index in [-0.39, 0.29) is 11.2 Å². The van der Waals surface area contributed by atoms with Crippen LogP contribution in [0.25, 0.3) is 0 Å². The molecule has 0 saturated carbocycles. The molecule has 4 rings (SSSR count). The Hall–Kier alpha value is -2.54. The van der Waals surface area contributed by atoms with Gasteiger partial charge in [0.2, 0.25) is 0 Å². The van der Waals surface area contributed by atoms with Crippen molar-refractivity contribution in [1.82, 2.24) is 0 Å². The molecule has 3 heteroatoms. The van der Waals surface area contributed by atoms with E-state index in [0.717, 1.165) is 23.7 Å². The van der Waals surface area contributed by atoms with E-state index in [1.54, 1.807) is 0 Å². The third-order valence-electron chi connectivity index (χ3n) is 7.68. The molecule has 3 aromatic carbocycles.